The Morgan fingerprint density at radius 3 is 2.62 bits per heavy atom. The van der Waals surface area contributed by atoms with Gasteiger partial charge >= 0.3 is 0 Å². The zero-order chi connectivity index (χ0) is 18.1. The standard InChI is InChI=1S/C20H26N6/c1-4-14-5-7-15(8-6-14)17(25(2)3)13-22-18-20-24-23-19(16-9-10-16)26(20)12-11-21-18/h5-8,11-12,16-17H,4,9-10,13H2,1-3H3,(H,21,22). The highest BCUT2D eigenvalue weighted by molar-refractivity contribution is 5.62. The second-order valence-electron chi connectivity index (χ2n) is 7.26. The van der Waals surface area contributed by atoms with Gasteiger partial charge in [-0.25, -0.2) is 4.98 Å². The third-order valence-electron chi connectivity index (χ3n) is 5.15. The van der Waals surface area contributed by atoms with Crippen molar-refractivity contribution in [3.05, 3.63) is 53.6 Å². The number of aromatic nitrogens is 4. The van der Waals surface area contributed by atoms with Gasteiger partial charge in [-0.05, 0) is 44.5 Å². The van der Waals surface area contributed by atoms with Crippen molar-refractivity contribution in [1.82, 2.24) is 24.5 Å². The fraction of sp³-hybridized carbons (Fsp3) is 0.450. The smallest absolute Gasteiger partial charge is 0.203 e. The third-order valence-corrected chi connectivity index (χ3v) is 5.15. The quantitative estimate of drug-likeness (QED) is 0.709. The minimum absolute atomic E-state index is 0.258. The first-order chi connectivity index (χ1) is 12.7. The molecule has 2 aromatic heterocycles. The summed E-state index contributed by atoms with van der Waals surface area (Å²) < 4.78 is 2.08. The molecule has 0 bridgehead atoms. The molecule has 0 amide bonds. The molecule has 0 radical (unpaired) electrons. The minimum atomic E-state index is 0.258. The predicted molar refractivity (Wildman–Crippen MR) is 103 cm³/mol. The van der Waals surface area contributed by atoms with Crippen molar-refractivity contribution in [3.8, 4) is 0 Å². The normalized spacial score (nSPS) is 15.5. The van der Waals surface area contributed by atoms with Crippen LogP contribution in [0.2, 0.25) is 0 Å². The molecule has 1 fully saturated rings. The van der Waals surface area contributed by atoms with Crippen molar-refractivity contribution in [2.45, 2.75) is 38.1 Å². The van der Waals surface area contributed by atoms with Crippen LogP contribution in [0.1, 0.15) is 48.7 Å². The number of likely N-dealkylation sites (N-methyl/N-ethyl adjacent to an activating group) is 1. The number of hydrogen-bond acceptors (Lipinski definition) is 5. The summed E-state index contributed by atoms with van der Waals surface area (Å²) >= 11 is 0. The lowest BCUT2D eigenvalue weighted by Gasteiger charge is -2.25. The summed E-state index contributed by atoms with van der Waals surface area (Å²) in [6.45, 7) is 2.94. The van der Waals surface area contributed by atoms with E-state index in [2.05, 4.69) is 75.1 Å². The number of anilines is 1. The summed E-state index contributed by atoms with van der Waals surface area (Å²) in [7, 11) is 4.22. The van der Waals surface area contributed by atoms with E-state index in [9.17, 15) is 0 Å². The van der Waals surface area contributed by atoms with E-state index in [4.69, 9.17) is 0 Å². The van der Waals surface area contributed by atoms with Gasteiger partial charge < -0.3 is 10.2 Å². The molecule has 6 heteroatoms. The van der Waals surface area contributed by atoms with Crippen LogP contribution in [0.15, 0.2) is 36.7 Å². The van der Waals surface area contributed by atoms with Gasteiger partial charge in [0.15, 0.2) is 5.82 Å². The van der Waals surface area contributed by atoms with E-state index in [1.807, 2.05) is 12.4 Å². The van der Waals surface area contributed by atoms with E-state index in [0.717, 1.165) is 30.3 Å². The maximum Gasteiger partial charge on any atom is 0.203 e. The first-order valence-electron chi connectivity index (χ1n) is 9.36. The molecule has 2 heterocycles. The first-order valence-corrected chi connectivity index (χ1v) is 9.36. The van der Waals surface area contributed by atoms with Crippen LogP contribution in [0.5, 0.6) is 0 Å². The maximum atomic E-state index is 4.50. The van der Waals surface area contributed by atoms with Crippen molar-refractivity contribution < 1.29 is 0 Å². The SMILES string of the molecule is CCc1ccc(C(CNc2nccn3c(C4CC4)nnc23)N(C)C)cc1. The summed E-state index contributed by atoms with van der Waals surface area (Å²) in [5.74, 6) is 2.42. The molecule has 136 valence electrons. The first kappa shape index (κ1) is 17.0. The highest BCUT2D eigenvalue weighted by atomic mass is 15.3. The molecule has 1 aromatic carbocycles. The van der Waals surface area contributed by atoms with E-state index in [-0.39, 0.29) is 6.04 Å². The van der Waals surface area contributed by atoms with Crippen LogP contribution in [-0.2, 0) is 6.42 Å². The highest BCUT2D eigenvalue weighted by Gasteiger charge is 2.29. The Morgan fingerprint density at radius 2 is 1.96 bits per heavy atom. The molecule has 0 saturated heterocycles. The van der Waals surface area contributed by atoms with Gasteiger partial charge in [0, 0.05) is 24.9 Å². The van der Waals surface area contributed by atoms with Crippen LogP contribution < -0.4 is 5.32 Å². The van der Waals surface area contributed by atoms with Gasteiger partial charge in [-0.2, -0.15) is 0 Å². The van der Waals surface area contributed by atoms with Crippen LogP contribution in [0, 0.1) is 0 Å². The van der Waals surface area contributed by atoms with Gasteiger partial charge in [0.1, 0.15) is 5.82 Å². The lowest BCUT2D eigenvalue weighted by Crippen LogP contribution is -2.27. The largest absolute Gasteiger partial charge is 0.365 e. The molecule has 26 heavy (non-hydrogen) atoms. The monoisotopic (exact) mass is 350 g/mol. The maximum absolute atomic E-state index is 4.50. The van der Waals surface area contributed by atoms with Crippen molar-refractivity contribution in [3.63, 3.8) is 0 Å². The molecule has 3 aromatic rings. The number of nitrogens with zero attached hydrogens (tertiary/aromatic N) is 5. The molecule has 1 saturated carbocycles. The molecule has 4 rings (SSSR count). The van der Waals surface area contributed by atoms with Gasteiger partial charge in [0.25, 0.3) is 0 Å². The van der Waals surface area contributed by atoms with Gasteiger partial charge in [0.2, 0.25) is 5.65 Å². The topological polar surface area (TPSA) is 58.4 Å². The molecule has 1 atom stereocenters. The average Bonchev–Trinajstić information content (AvgIpc) is 3.41. The highest BCUT2D eigenvalue weighted by Crippen LogP contribution is 2.39. The number of rotatable bonds is 7. The molecule has 1 N–H and O–H groups in total. The Bertz CT molecular complexity index is 879. The molecule has 1 unspecified atom stereocenters. The summed E-state index contributed by atoms with van der Waals surface area (Å²) in [5, 5.41) is 12.2. The van der Waals surface area contributed by atoms with Crippen LogP contribution in [0.4, 0.5) is 5.82 Å². The Kier molecular flexibility index (Phi) is 4.59. The molecule has 1 aliphatic carbocycles. The Balaban J connectivity index is 1.55. The fourth-order valence-electron chi connectivity index (χ4n) is 3.36. The van der Waals surface area contributed by atoms with E-state index in [1.165, 1.54) is 24.0 Å². The summed E-state index contributed by atoms with van der Waals surface area (Å²) in [5.41, 5.74) is 3.47. The number of benzene rings is 1. The van der Waals surface area contributed by atoms with Crippen LogP contribution >= 0.6 is 0 Å². The second kappa shape index (κ2) is 7.03. The van der Waals surface area contributed by atoms with E-state index >= 15 is 0 Å². The zero-order valence-corrected chi connectivity index (χ0v) is 15.7. The molecular formula is C20H26N6. The minimum Gasteiger partial charge on any atom is -0.365 e. The van der Waals surface area contributed by atoms with Gasteiger partial charge in [-0.1, -0.05) is 31.2 Å². The fourth-order valence-corrected chi connectivity index (χ4v) is 3.36. The van der Waals surface area contributed by atoms with Crippen LogP contribution in [0.3, 0.4) is 0 Å². The third kappa shape index (κ3) is 3.29. The van der Waals surface area contributed by atoms with Crippen LogP contribution in [-0.4, -0.2) is 45.1 Å². The average molecular weight is 350 g/mol. The number of hydrogen-bond donors (Lipinski definition) is 1. The van der Waals surface area contributed by atoms with Crippen molar-refractivity contribution in [2.24, 2.45) is 0 Å². The molecule has 6 nitrogen and oxygen atoms in total. The lowest BCUT2D eigenvalue weighted by molar-refractivity contribution is 0.311. The van der Waals surface area contributed by atoms with Gasteiger partial charge in [-0.15, -0.1) is 10.2 Å². The van der Waals surface area contributed by atoms with E-state index in [1.54, 1.807) is 0 Å². The van der Waals surface area contributed by atoms with Crippen LogP contribution in [0.25, 0.3) is 5.65 Å². The summed E-state index contributed by atoms with van der Waals surface area (Å²) in [4.78, 5) is 6.73. The molecule has 0 aliphatic heterocycles. The predicted octanol–water partition coefficient (Wildman–Crippen LogP) is 3.28. The van der Waals surface area contributed by atoms with E-state index in [0.29, 0.717) is 5.92 Å². The number of fused-ring (bicyclic) bond motifs is 1. The number of aryl methyl sites for hydroxylation is 1. The van der Waals surface area contributed by atoms with Gasteiger partial charge in [0.05, 0.1) is 6.04 Å². The Labute approximate surface area is 154 Å². The summed E-state index contributed by atoms with van der Waals surface area (Å²) in [6.07, 6.45) is 7.27. The zero-order valence-electron chi connectivity index (χ0n) is 15.7. The van der Waals surface area contributed by atoms with E-state index < -0.39 is 0 Å². The number of nitrogens with one attached hydrogen (secondary N) is 1. The molecule has 1 aliphatic rings. The molecule has 0 spiro atoms. The van der Waals surface area contributed by atoms with Crippen molar-refractivity contribution in [1.29, 1.82) is 0 Å². The second-order valence-corrected chi connectivity index (χ2v) is 7.26. The van der Waals surface area contributed by atoms with Crippen molar-refractivity contribution >= 4 is 11.5 Å². The van der Waals surface area contributed by atoms with Crippen molar-refractivity contribution in [2.75, 3.05) is 26.0 Å². The lowest BCUT2D eigenvalue weighted by atomic mass is 10.0. The Morgan fingerprint density at radius 1 is 1.19 bits per heavy atom. The Hall–Kier alpha value is -2.47. The van der Waals surface area contributed by atoms with Gasteiger partial charge in [-0.3, -0.25) is 4.40 Å². The molecular weight excluding hydrogens is 324 g/mol. The summed E-state index contributed by atoms with van der Waals surface area (Å²) in [6, 6.07) is 9.13.